The van der Waals surface area contributed by atoms with Crippen LogP contribution < -0.4 is 0 Å². The Morgan fingerprint density at radius 1 is 1.00 bits per heavy atom. The van der Waals surface area contributed by atoms with Gasteiger partial charge in [0.15, 0.2) is 0 Å². The molecule has 1 saturated carbocycles. The highest BCUT2D eigenvalue weighted by atomic mass is 35.5. The topological polar surface area (TPSA) is 3.24 Å². The minimum atomic E-state index is -4.15. The summed E-state index contributed by atoms with van der Waals surface area (Å²) >= 11 is 0. The van der Waals surface area contributed by atoms with Gasteiger partial charge in [0.1, 0.15) is 0 Å². The van der Waals surface area contributed by atoms with Crippen molar-refractivity contribution >= 4 is 12.4 Å². The van der Waals surface area contributed by atoms with Crippen LogP contribution in [0.3, 0.4) is 0 Å². The number of hydrogen-bond acceptors (Lipinski definition) is 1. The van der Waals surface area contributed by atoms with Crippen LogP contribution in [0.1, 0.15) is 55.6 Å². The van der Waals surface area contributed by atoms with Crippen molar-refractivity contribution in [1.82, 2.24) is 4.90 Å². The third-order valence-electron chi connectivity index (χ3n) is 5.43. The Morgan fingerprint density at radius 2 is 1.68 bits per heavy atom. The molecule has 0 saturated heterocycles. The molecule has 1 aromatic rings. The molecule has 1 nitrogen and oxygen atoms in total. The first-order valence-corrected chi connectivity index (χ1v) is 9.10. The zero-order chi connectivity index (χ0) is 17.0. The molecule has 0 radical (unpaired) electrons. The highest BCUT2D eigenvalue weighted by molar-refractivity contribution is 5.85. The SMILES string of the molecule is Cl.FC(F)(F)C1=CCN(CCc2ccc(C3CCCCC3)cc2)CC1. The minimum absolute atomic E-state index is 0. The summed E-state index contributed by atoms with van der Waals surface area (Å²) in [5.74, 6) is 0.723. The maximum atomic E-state index is 12.6. The Bertz CT molecular complexity index is 559. The van der Waals surface area contributed by atoms with Gasteiger partial charge in [-0.05, 0) is 42.7 Å². The second kappa shape index (κ2) is 9.09. The zero-order valence-electron chi connectivity index (χ0n) is 14.5. The molecule has 1 aliphatic carbocycles. The van der Waals surface area contributed by atoms with Gasteiger partial charge >= 0.3 is 6.18 Å². The van der Waals surface area contributed by atoms with Gasteiger partial charge in [-0.2, -0.15) is 13.2 Å². The lowest BCUT2D eigenvalue weighted by Gasteiger charge is -2.27. The molecule has 0 spiro atoms. The quantitative estimate of drug-likeness (QED) is 0.594. The summed E-state index contributed by atoms with van der Waals surface area (Å²) in [6, 6.07) is 8.90. The van der Waals surface area contributed by atoms with Gasteiger partial charge in [-0.15, -0.1) is 12.4 Å². The van der Waals surface area contributed by atoms with E-state index in [2.05, 4.69) is 29.2 Å². The number of nitrogens with zero attached hydrogens (tertiary/aromatic N) is 1. The molecule has 3 rings (SSSR count). The van der Waals surface area contributed by atoms with E-state index < -0.39 is 6.18 Å². The third-order valence-corrected chi connectivity index (χ3v) is 5.43. The minimum Gasteiger partial charge on any atom is -0.299 e. The van der Waals surface area contributed by atoms with Gasteiger partial charge in [-0.3, -0.25) is 4.90 Å². The molecule has 140 valence electrons. The highest BCUT2D eigenvalue weighted by Gasteiger charge is 2.34. The van der Waals surface area contributed by atoms with E-state index in [1.54, 1.807) is 0 Å². The van der Waals surface area contributed by atoms with Gasteiger partial charge < -0.3 is 0 Å². The highest BCUT2D eigenvalue weighted by Crippen LogP contribution is 2.33. The van der Waals surface area contributed by atoms with E-state index in [4.69, 9.17) is 0 Å². The molecule has 0 amide bonds. The van der Waals surface area contributed by atoms with Crippen LogP contribution in [0.4, 0.5) is 13.2 Å². The zero-order valence-corrected chi connectivity index (χ0v) is 15.3. The van der Waals surface area contributed by atoms with E-state index in [9.17, 15) is 13.2 Å². The Labute approximate surface area is 154 Å². The van der Waals surface area contributed by atoms with Crippen molar-refractivity contribution in [2.24, 2.45) is 0 Å². The third kappa shape index (κ3) is 5.75. The largest absolute Gasteiger partial charge is 0.412 e. The van der Waals surface area contributed by atoms with Gasteiger partial charge in [0, 0.05) is 25.2 Å². The fourth-order valence-corrected chi connectivity index (χ4v) is 3.85. The van der Waals surface area contributed by atoms with Crippen LogP contribution >= 0.6 is 12.4 Å². The predicted molar refractivity (Wildman–Crippen MR) is 98.4 cm³/mol. The van der Waals surface area contributed by atoms with E-state index in [0.29, 0.717) is 13.1 Å². The summed E-state index contributed by atoms with van der Waals surface area (Å²) in [6.45, 7) is 1.74. The standard InChI is InChI=1S/C20H26F3N.ClH/c21-20(22,23)19-11-14-24(15-12-19)13-10-16-6-8-18(9-7-16)17-4-2-1-3-5-17;/h6-9,11,17H,1-5,10,12-15H2;1H. The van der Waals surface area contributed by atoms with Crippen molar-refractivity contribution in [2.75, 3.05) is 19.6 Å². The molecule has 5 heteroatoms. The molecule has 0 atom stereocenters. The lowest BCUT2D eigenvalue weighted by molar-refractivity contribution is -0.0959. The van der Waals surface area contributed by atoms with Gasteiger partial charge in [0.25, 0.3) is 0 Å². The van der Waals surface area contributed by atoms with Gasteiger partial charge in [0.2, 0.25) is 0 Å². The summed E-state index contributed by atoms with van der Waals surface area (Å²) < 4.78 is 37.9. The monoisotopic (exact) mass is 373 g/mol. The number of rotatable bonds is 4. The first-order chi connectivity index (χ1) is 11.5. The summed E-state index contributed by atoms with van der Waals surface area (Å²) in [7, 11) is 0. The molecular weight excluding hydrogens is 347 g/mol. The molecule has 0 aromatic heterocycles. The second-order valence-electron chi connectivity index (χ2n) is 7.10. The van der Waals surface area contributed by atoms with Gasteiger partial charge in [0.05, 0.1) is 0 Å². The van der Waals surface area contributed by atoms with E-state index in [0.717, 1.165) is 18.9 Å². The average molecular weight is 374 g/mol. The summed E-state index contributed by atoms with van der Waals surface area (Å²) in [4.78, 5) is 2.10. The second-order valence-corrected chi connectivity index (χ2v) is 7.10. The molecule has 1 fully saturated rings. The smallest absolute Gasteiger partial charge is 0.299 e. The molecule has 0 N–H and O–H groups in total. The molecule has 1 heterocycles. The molecule has 0 unspecified atom stereocenters. The van der Waals surface area contributed by atoms with Crippen molar-refractivity contribution in [3.05, 3.63) is 47.0 Å². The van der Waals surface area contributed by atoms with E-state index in [1.807, 2.05) is 0 Å². The molecule has 25 heavy (non-hydrogen) atoms. The summed E-state index contributed by atoms with van der Waals surface area (Å²) in [6.07, 6.45) is 4.88. The number of benzene rings is 1. The number of halogens is 4. The Hall–Kier alpha value is -1.00. The van der Waals surface area contributed by atoms with Crippen molar-refractivity contribution < 1.29 is 13.2 Å². The maximum Gasteiger partial charge on any atom is 0.412 e. The van der Waals surface area contributed by atoms with Crippen molar-refractivity contribution in [1.29, 1.82) is 0 Å². The first kappa shape index (κ1) is 20.3. The lowest BCUT2D eigenvalue weighted by atomic mass is 9.84. The van der Waals surface area contributed by atoms with Crippen molar-refractivity contribution in [3.8, 4) is 0 Å². The van der Waals surface area contributed by atoms with E-state index in [1.165, 1.54) is 49.3 Å². The molecule has 0 bridgehead atoms. The molecule has 1 aliphatic heterocycles. The number of hydrogen-bond donors (Lipinski definition) is 0. The van der Waals surface area contributed by atoms with E-state index >= 15 is 0 Å². The van der Waals surface area contributed by atoms with Crippen molar-refractivity contribution in [2.45, 2.75) is 57.0 Å². The molecule has 2 aliphatic rings. The normalized spacial score (nSPS) is 20.0. The Morgan fingerprint density at radius 3 is 2.24 bits per heavy atom. The van der Waals surface area contributed by atoms with Crippen LogP contribution in [0.5, 0.6) is 0 Å². The van der Waals surface area contributed by atoms with Crippen molar-refractivity contribution in [3.63, 3.8) is 0 Å². The summed E-state index contributed by atoms with van der Waals surface area (Å²) in [5.41, 5.74) is 2.37. The van der Waals surface area contributed by atoms with Crippen LogP contribution in [0.2, 0.25) is 0 Å². The Kier molecular flexibility index (Phi) is 7.38. The first-order valence-electron chi connectivity index (χ1n) is 9.10. The fourth-order valence-electron chi connectivity index (χ4n) is 3.85. The van der Waals surface area contributed by atoms with Gasteiger partial charge in [-0.25, -0.2) is 0 Å². The van der Waals surface area contributed by atoms with Crippen LogP contribution in [0.25, 0.3) is 0 Å². The number of alkyl halides is 3. The predicted octanol–water partition coefficient (Wildman–Crippen LogP) is 5.89. The van der Waals surface area contributed by atoms with Crippen LogP contribution in [0.15, 0.2) is 35.9 Å². The van der Waals surface area contributed by atoms with Crippen LogP contribution in [0, 0.1) is 0 Å². The van der Waals surface area contributed by atoms with Crippen LogP contribution in [-0.2, 0) is 6.42 Å². The molecule has 1 aromatic carbocycles. The average Bonchev–Trinajstić information content (AvgIpc) is 2.61. The maximum absolute atomic E-state index is 12.6. The van der Waals surface area contributed by atoms with Crippen LogP contribution in [-0.4, -0.2) is 30.7 Å². The fraction of sp³-hybridized carbons (Fsp3) is 0.600. The molecular formula is C20H27ClF3N. The van der Waals surface area contributed by atoms with E-state index in [-0.39, 0.29) is 24.4 Å². The van der Waals surface area contributed by atoms with Gasteiger partial charge in [-0.1, -0.05) is 49.6 Å². The lowest BCUT2D eigenvalue weighted by Crippen LogP contribution is -2.33. The Balaban J connectivity index is 0.00000225. The summed E-state index contributed by atoms with van der Waals surface area (Å²) in [5, 5.41) is 0.